The first kappa shape index (κ1) is 13.1. The van der Waals surface area contributed by atoms with E-state index in [1.54, 1.807) is 6.07 Å². The second-order valence-electron chi connectivity index (χ2n) is 3.35. The molecule has 7 heteroatoms. The number of carboxylic acids is 1. The van der Waals surface area contributed by atoms with E-state index < -0.39 is 5.97 Å². The van der Waals surface area contributed by atoms with Crippen LogP contribution < -0.4 is 4.74 Å². The minimum absolute atomic E-state index is 0.112. The Morgan fingerprint density at radius 1 is 1.39 bits per heavy atom. The molecule has 1 N–H and O–H groups in total. The molecule has 0 amide bonds. The molecule has 0 aliphatic carbocycles. The van der Waals surface area contributed by atoms with Crippen LogP contribution in [0.25, 0.3) is 0 Å². The summed E-state index contributed by atoms with van der Waals surface area (Å²) in [6, 6.07) is 6.79. The molecule has 0 saturated heterocycles. The number of nitrogens with zero attached hydrogens (tertiary/aromatic N) is 1. The molecule has 0 bridgehead atoms. The van der Waals surface area contributed by atoms with Crippen molar-refractivity contribution >= 4 is 37.8 Å². The molecule has 1 aromatic carbocycles. The van der Waals surface area contributed by atoms with Gasteiger partial charge in [0, 0.05) is 10.5 Å². The van der Waals surface area contributed by atoms with Crippen molar-refractivity contribution in [2.45, 2.75) is 6.61 Å². The van der Waals surface area contributed by atoms with Crippen molar-refractivity contribution in [1.82, 2.24) is 5.16 Å². The minimum atomic E-state index is -1.13. The molecule has 0 spiro atoms. The third-order valence-electron chi connectivity index (χ3n) is 2.04. The summed E-state index contributed by atoms with van der Waals surface area (Å²) in [4.78, 5) is 10.6. The number of aromatic carboxylic acids is 1. The molecular formula is C11H7Br2NO4. The van der Waals surface area contributed by atoms with Gasteiger partial charge < -0.3 is 14.4 Å². The van der Waals surface area contributed by atoms with Crippen LogP contribution in [-0.4, -0.2) is 16.2 Å². The molecule has 0 aliphatic rings. The maximum atomic E-state index is 10.6. The van der Waals surface area contributed by atoms with Gasteiger partial charge in [0.05, 0.1) is 4.47 Å². The van der Waals surface area contributed by atoms with Crippen LogP contribution in [0.5, 0.6) is 5.75 Å². The zero-order valence-corrected chi connectivity index (χ0v) is 12.1. The Bertz CT molecular complexity index is 582. The van der Waals surface area contributed by atoms with Crippen LogP contribution in [0.3, 0.4) is 0 Å². The molecular weight excluding hydrogens is 370 g/mol. The standard InChI is InChI=1S/C11H7Br2NO4/c12-6-1-2-10(8(13)3-6)17-5-7-4-9(11(15)16)14-18-7/h1-4H,5H2,(H,15,16). The number of benzene rings is 1. The highest BCUT2D eigenvalue weighted by atomic mass is 79.9. The average Bonchev–Trinajstić information content (AvgIpc) is 2.76. The first-order chi connectivity index (χ1) is 8.56. The molecule has 1 heterocycles. The smallest absolute Gasteiger partial charge is 0.358 e. The summed E-state index contributed by atoms with van der Waals surface area (Å²) in [6.07, 6.45) is 0. The van der Waals surface area contributed by atoms with E-state index in [9.17, 15) is 4.79 Å². The van der Waals surface area contributed by atoms with E-state index in [2.05, 4.69) is 37.0 Å². The van der Waals surface area contributed by atoms with Gasteiger partial charge in [0.15, 0.2) is 11.5 Å². The van der Waals surface area contributed by atoms with Gasteiger partial charge in [-0.25, -0.2) is 4.79 Å². The molecule has 94 valence electrons. The van der Waals surface area contributed by atoms with E-state index in [-0.39, 0.29) is 12.3 Å². The number of carbonyl (C=O) groups is 1. The third-order valence-corrected chi connectivity index (χ3v) is 3.15. The van der Waals surface area contributed by atoms with E-state index in [1.165, 1.54) is 6.07 Å². The largest absolute Gasteiger partial charge is 0.484 e. The maximum absolute atomic E-state index is 10.6. The molecule has 0 saturated carbocycles. The third kappa shape index (κ3) is 3.11. The Hall–Kier alpha value is -1.34. The van der Waals surface area contributed by atoms with Gasteiger partial charge in [-0.05, 0) is 34.1 Å². The van der Waals surface area contributed by atoms with Crippen LogP contribution in [-0.2, 0) is 6.61 Å². The quantitative estimate of drug-likeness (QED) is 0.884. The van der Waals surface area contributed by atoms with Crippen molar-refractivity contribution in [2.24, 2.45) is 0 Å². The van der Waals surface area contributed by atoms with E-state index in [0.29, 0.717) is 11.5 Å². The lowest BCUT2D eigenvalue weighted by Gasteiger charge is -2.06. The lowest BCUT2D eigenvalue weighted by atomic mass is 10.3. The molecule has 5 nitrogen and oxygen atoms in total. The van der Waals surface area contributed by atoms with Crippen molar-refractivity contribution in [3.63, 3.8) is 0 Å². The summed E-state index contributed by atoms with van der Waals surface area (Å²) in [7, 11) is 0. The summed E-state index contributed by atoms with van der Waals surface area (Å²) < 4.78 is 12.0. The Morgan fingerprint density at radius 3 is 2.78 bits per heavy atom. The molecule has 1 aromatic heterocycles. The Balaban J connectivity index is 2.04. The molecule has 0 aliphatic heterocycles. The van der Waals surface area contributed by atoms with Crippen molar-refractivity contribution in [3.05, 3.63) is 44.7 Å². The van der Waals surface area contributed by atoms with E-state index in [4.69, 9.17) is 14.4 Å². The Labute approximate surface area is 119 Å². The molecule has 2 rings (SSSR count). The van der Waals surface area contributed by atoms with Crippen LogP contribution in [0.15, 0.2) is 37.7 Å². The van der Waals surface area contributed by atoms with Crippen molar-refractivity contribution in [2.75, 3.05) is 0 Å². The predicted molar refractivity (Wildman–Crippen MR) is 69.6 cm³/mol. The van der Waals surface area contributed by atoms with Gasteiger partial charge in [-0.15, -0.1) is 0 Å². The fourth-order valence-corrected chi connectivity index (χ4v) is 2.38. The van der Waals surface area contributed by atoms with Crippen molar-refractivity contribution < 1.29 is 19.2 Å². The summed E-state index contributed by atoms with van der Waals surface area (Å²) in [5, 5.41) is 12.1. The summed E-state index contributed by atoms with van der Waals surface area (Å²) in [6.45, 7) is 0.112. The van der Waals surface area contributed by atoms with Gasteiger partial charge in [0.25, 0.3) is 0 Å². The zero-order valence-electron chi connectivity index (χ0n) is 8.89. The molecule has 0 atom stereocenters. The number of rotatable bonds is 4. The van der Waals surface area contributed by atoms with Gasteiger partial charge in [0.2, 0.25) is 0 Å². The van der Waals surface area contributed by atoms with Crippen LogP contribution >= 0.6 is 31.9 Å². The first-order valence-corrected chi connectivity index (χ1v) is 6.41. The van der Waals surface area contributed by atoms with Crippen molar-refractivity contribution in [3.8, 4) is 5.75 Å². The van der Waals surface area contributed by atoms with Crippen LogP contribution in [0.1, 0.15) is 16.2 Å². The maximum Gasteiger partial charge on any atom is 0.358 e. The topological polar surface area (TPSA) is 72.6 Å². The normalized spacial score (nSPS) is 10.3. The molecule has 0 radical (unpaired) electrons. The number of carboxylic acid groups (broad SMARTS) is 1. The van der Waals surface area contributed by atoms with Gasteiger partial charge >= 0.3 is 5.97 Å². The number of hydrogen-bond donors (Lipinski definition) is 1. The number of aromatic nitrogens is 1. The first-order valence-electron chi connectivity index (χ1n) is 4.83. The summed E-state index contributed by atoms with van der Waals surface area (Å²) >= 11 is 6.69. The van der Waals surface area contributed by atoms with Crippen molar-refractivity contribution in [1.29, 1.82) is 0 Å². The zero-order chi connectivity index (χ0) is 13.1. The number of hydrogen-bond acceptors (Lipinski definition) is 4. The highest BCUT2D eigenvalue weighted by molar-refractivity contribution is 9.11. The lowest BCUT2D eigenvalue weighted by molar-refractivity contribution is 0.0685. The second kappa shape index (κ2) is 5.53. The molecule has 18 heavy (non-hydrogen) atoms. The van der Waals surface area contributed by atoms with E-state index >= 15 is 0 Å². The number of halogens is 2. The lowest BCUT2D eigenvalue weighted by Crippen LogP contribution is -1.96. The SMILES string of the molecule is O=C(O)c1cc(COc2ccc(Br)cc2Br)on1. The number of ether oxygens (including phenoxy) is 1. The monoisotopic (exact) mass is 375 g/mol. The highest BCUT2D eigenvalue weighted by Crippen LogP contribution is 2.28. The highest BCUT2D eigenvalue weighted by Gasteiger charge is 2.11. The van der Waals surface area contributed by atoms with E-state index in [1.807, 2.05) is 12.1 Å². The van der Waals surface area contributed by atoms with Gasteiger partial charge in [-0.1, -0.05) is 21.1 Å². The van der Waals surface area contributed by atoms with Crippen LogP contribution in [0.4, 0.5) is 0 Å². The summed E-state index contributed by atoms with van der Waals surface area (Å²) in [5.74, 6) is -0.150. The van der Waals surface area contributed by atoms with E-state index in [0.717, 1.165) is 8.95 Å². The summed E-state index contributed by atoms with van der Waals surface area (Å²) in [5.41, 5.74) is -0.136. The van der Waals surface area contributed by atoms with Gasteiger partial charge in [-0.2, -0.15) is 0 Å². The molecule has 2 aromatic rings. The molecule has 0 unspecified atom stereocenters. The van der Waals surface area contributed by atoms with Gasteiger partial charge in [-0.3, -0.25) is 0 Å². The van der Waals surface area contributed by atoms with Crippen LogP contribution in [0, 0.1) is 0 Å². The second-order valence-corrected chi connectivity index (χ2v) is 5.12. The molecule has 0 fully saturated rings. The fourth-order valence-electron chi connectivity index (χ4n) is 1.22. The predicted octanol–water partition coefficient (Wildman–Crippen LogP) is 3.48. The Kier molecular flexibility index (Phi) is 4.03. The minimum Gasteiger partial charge on any atom is -0.484 e. The van der Waals surface area contributed by atoms with Gasteiger partial charge in [0.1, 0.15) is 12.4 Å². The average molecular weight is 377 g/mol. The Morgan fingerprint density at radius 2 is 2.17 bits per heavy atom. The fraction of sp³-hybridized carbons (Fsp3) is 0.0909. The van der Waals surface area contributed by atoms with Crippen LogP contribution in [0.2, 0.25) is 0 Å².